The quantitative estimate of drug-likeness (QED) is 0.606. The van der Waals surface area contributed by atoms with Gasteiger partial charge in [0.05, 0.1) is 20.3 Å². The monoisotopic (exact) mass is 402 g/mol. The van der Waals surface area contributed by atoms with Crippen molar-refractivity contribution in [2.75, 3.05) is 19.5 Å². The summed E-state index contributed by atoms with van der Waals surface area (Å²) in [5.41, 5.74) is 0.899. The molecule has 0 spiro atoms. The third-order valence-corrected chi connectivity index (χ3v) is 4.94. The standard InChI is InChI=1S/C20H22N2O5S/c1-12(2)27-20(24)17-7-13-5-6-28-19(13)22(17)11-18(23)21-14-8-15(25-3)10-16(9-14)26-4/h5-10,12H,11H2,1-4H3,(H,21,23). The van der Waals surface area contributed by atoms with E-state index < -0.39 is 5.97 Å². The Morgan fingerprint density at radius 3 is 2.39 bits per heavy atom. The third kappa shape index (κ3) is 4.28. The van der Waals surface area contributed by atoms with Crippen LogP contribution < -0.4 is 14.8 Å². The Kier molecular flexibility index (Phi) is 5.89. The van der Waals surface area contributed by atoms with Gasteiger partial charge in [0.2, 0.25) is 5.91 Å². The minimum absolute atomic E-state index is 0.0218. The summed E-state index contributed by atoms with van der Waals surface area (Å²) < 4.78 is 17.4. The minimum atomic E-state index is -0.450. The second kappa shape index (κ2) is 8.35. The van der Waals surface area contributed by atoms with Gasteiger partial charge in [0, 0.05) is 29.3 Å². The van der Waals surface area contributed by atoms with Gasteiger partial charge >= 0.3 is 5.97 Å². The Hall–Kier alpha value is -3.00. The number of aromatic nitrogens is 1. The number of esters is 1. The summed E-state index contributed by atoms with van der Waals surface area (Å²) in [4.78, 5) is 26.0. The summed E-state index contributed by atoms with van der Waals surface area (Å²) in [7, 11) is 3.08. The molecule has 7 nitrogen and oxygen atoms in total. The molecule has 0 saturated carbocycles. The zero-order chi connectivity index (χ0) is 20.3. The number of fused-ring (bicyclic) bond motifs is 1. The van der Waals surface area contributed by atoms with Crippen molar-refractivity contribution in [1.29, 1.82) is 0 Å². The predicted molar refractivity (Wildman–Crippen MR) is 109 cm³/mol. The van der Waals surface area contributed by atoms with Crippen molar-refractivity contribution in [3.63, 3.8) is 0 Å². The van der Waals surface area contributed by atoms with E-state index in [0.717, 1.165) is 10.2 Å². The lowest BCUT2D eigenvalue weighted by atomic mass is 10.2. The zero-order valence-corrected chi connectivity index (χ0v) is 17.0. The molecule has 0 saturated heterocycles. The molecule has 2 heterocycles. The maximum atomic E-state index is 12.7. The van der Waals surface area contributed by atoms with Crippen LogP contribution in [-0.2, 0) is 16.1 Å². The minimum Gasteiger partial charge on any atom is -0.497 e. The van der Waals surface area contributed by atoms with Gasteiger partial charge in [-0.2, -0.15) is 0 Å². The maximum Gasteiger partial charge on any atom is 0.355 e. The van der Waals surface area contributed by atoms with E-state index >= 15 is 0 Å². The highest BCUT2D eigenvalue weighted by Gasteiger charge is 2.20. The molecule has 0 radical (unpaired) electrons. The summed E-state index contributed by atoms with van der Waals surface area (Å²) in [6.07, 6.45) is -0.244. The molecule has 1 aromatic carbocycles. The molecular formula is C20H22N2O5S. The van der Waals surface area contributed by atoms with Crippen LogP contribution in [0.3, 0.4) is 0 Å². The van der Waals surface area contributed by atoms with Gasteiger partial charge in [-0.3, -0.25) is 4.79 Å². The molecule has 0 unspecified atom stereocenters. The molecule has 0 fully saturated rings. The predicted octanol–water partition coefficient (Wildman–Crippen LogP) is 3.92. The number of anilines is 1. The normalized spacial score (nSPS) is 10.9. The molecule has 0 atom stereocenters. The lowest BCUT2D eigenvalue weighted by Gasteiger charge is -2.13. The summed E-state index contributed by atoms with van der Waals surface area (Å²) in [5, 5.41) is 5.65. The van der Waals surface area contributed by atoms with E-state index in [4.69, 9.17) is 14.2 Å². The van der Waals surface area contributed by atoms with Crippen molar-refractivity contribution in [3.05, 3.63) is 41.4 Å². The second-order valence-electron chi connectivity index (χ2n) is 6.40. The molecule has 1 N–H and O–H groups in total. The van der Waals surface area contributed by atoms with Crippen LogP contribution in [-0.4, -0.2) is 36.8 Å². The molecule has 0 aliphatic rings. The van der Waals surface area contributed by atoms with Gasteiger partial charge in [-0.1, -0.05) is 0 Å². The molecule has 3 aromatic rings. The number of rotatable bonds is 7. The number of carbonyl (C=O) groups excluding carboxylic acids is 2. The number of amides is 1. The van der Waals surface area contributed by atoms with Gasteiger partial charge in [-0.25, -0.2) is 4.79 Å². The molecule has 0 bridgehead atoms. The summed E-state index contributed by atoms with van der Waals surface area (Å²) in [5.74, 6) is 0.406. The Bertz CT molecular complexity index is 983. The van der Waals surface area contributed by atoms with E-state index in [0.29, 0.717) is 22.9 Å². The van der Waals surface area contributed by atoms with Crippen LogP contribution in [0.5, 0.6) is 11.5 Å². The van der Waals surface area contributed by atoms with Crippen LogP contribution >= 0.6 is 11.3 Å². The van der Waals surface area contributed by atoms with Gasteiger partial charge in [0.15, 0.2) is 0 Å². The fourth-order valence-corrected chi connectivity index (χ4v) is 3.70. The van der Waals surface area contributed by atoms with Crippen molar-refractivity contribution in [1.82, 2.24) is 4.57 Å². The van der Waals surface area contributed by atoms with E-state index in [-0.39, 0.29) is 18.6 Å². The topological polar surface area (TPSA) is 78.8 Å². The van der Waals surface area contributed by atoms with Crippen molar-refractivity contribution >= 4 is 39.1 Å². The average molecular weight is 402 g/mol. The smallest absolute Gasteiger partial charge is 0.355 e. The van der Waals surface area contributed by atoms with Crippen molar-refractivity contribution in [3.8, 4) is 11.5 Å². The lowest BCUT2D eigenvalue weighted by Crippen LogP contribution is -2.22. The maximum absolute atomic E-state index is 12.7. The largest absolute Gasteiger partial charge is 0.497 e. The summed E-state index contributed by atoms with van der Waals surface area (Å²) in [6.45, 7) is 3.55. The van der Waals surface area contributed by atoms with Crippen molar-refractivity contribution in [2.24, 2.45) is 0 Å². The van der Waals surface area contributed by atoms with Gasteiger partial charge in [0.25, 0.3) is 0 Å². The van der Waals surface area contributed by atoms with Gasteiger partial charge < -0.3 is 24.1 Å². The molecule has 8 heteroatoms. The third-order valence-electron chi connectivity index (χ3n) is 3.99. The van der Waals surface area contributed by atoms with E-state index in [1.54, 1.807) is 56.9 Å². The van der Waals surface area contributed by atoms with Crippen molar-refractivity contribution in [2.45, 2.75) is 26.5 Å². The van der Waals surface area contributed by atoms with Crippen LogP contribution in [0.1, 0.15) is 24.3 Å². The number of ether oxygens (including phenoxy) is 3. The fraction of sp³-hybridized carbons (Fsp3) is 0.300. The highest BCUT2D eigenvalue weighted by Crippen LogP contribution is 2.28. The number of nitrogens with zero attached hydrogens (tertiary/aromatic N) is 1. The van der Waals surface area contributed by atoms with Crippen LogP contribution in [0.2, 0.25) is 0 Å². The Morgan fingerprint density at radius 1 is 1.11 bits per heavy atom. The van der Waals surface area contributed by atoms with E-state index in [1.165, 1.54) is 11.3 Å². The van der Waals surface area contributed by atoms with Crippen molar-refractivity contribution < 1.29 is 23.8 Å². The molecule has 0 aliphatic carbocycles. The SMILES string of the molecule is COc1cc(NC(=O)Cn2c(C(=O)OC(C)C)cc3ccsc32)cc(OC)c1. The van der Waals surface area contributed by atoms with Crippen LogP contribution in [0.25, 0.3) is 10.2 Å². The van der Waals surface area contributed by atoms with Gasteiger partial charge in [-0.15, -0.1) is 11.3 Å². The molecule has 28 heavy (non-hydrogen) atoms. The lowest BCUT2D eigenvalue weighted by molar-refractivity contribution is -0.116. The first kappa shape index (κ1) is 19.8. The molecule has 2 aromatic heterocycles. The average Bonchev–Trinajstić information content (AvgIpc) is 3.23. The van der Waals surface area contributed by atoms with Gasteiger partial charge in [-0.05, 0) is 31.4 Å². The van der Waals surface area contributed by atoms with E-state index in [9.17, 15) is 9.59 Å². The highest BCUT2D eigenvalue weighted by molar-refractivity contribution is 7.16. The zero-order valence-electron chi connectivity index (χ0n) is 16.1. The number of methoxy groups -OCH3 is 2. The van der Waals surface area contributed by atoms with Crippen LogP contribution in [0, 0.1) is 0 Å². The molecule has 0 aliphatic heterocycles. The Balaban J connectivity index is 1.85. The molecule has 148 valence electrons. The summed E-state index contributed by atoms with van der Waals surface area (Å²) in [6, 6.07) is 8.78. The Morgan fingerprint density at radius 2 is 1.79 bits per heavy atom. The highest BCUT2D eigenvalue weighted by atomic mass is 32.1. The molecular weight excluding hydrogens is 380 g/mol. The second-order valence-corrected chi connectivity index (χ2v) is 7.29. The first-order valence-corrected chi connectivity index (χ1v) is 9.60. The van der Waals surface area contributed by atoms with Crippen LogP contribution in [0.15, 0.2) is 35.7 Å². The number of thiophene rings is 1. The first-order valence-electron chi connectivity index (χ1n) is 8.72. The summed E-state index contributed by atoms with van der Waals surface area (Å²) >= 11 is 1.47. The van der Waals surface area contributed by atoms with Gasteiger partial charge in [0.1, 0.15) is 28.6 Å². The number of benzene rings is 1. The van der Waals surface area contributed by atoms with E-state index in [2.05, 4.69) is 5.32 Å². The number of nitrogens with one attached hydrogen (secondary N) is 1. The number of hydrogen-bond donors (Lipinski definition) is 1. The molecule has 1 amide bonds. The van der Waals surface area contributed by atoms with Crippen LogP contribution in [0.4, 0.5) is 5.69 Å². The Labute approximate surface area is 166 Å². The fourth-order valence-electron chi connectivity index (χ4n) is 2.80. The molecule has 3 rings (SSSR count). The van der Waals surface area contributed by atoms with E-state index in [1.807, 2.05) is 11.4 Å². The first-order chi connectivity index (χ1) is 13.4. The number of carbonyl (C=O) groups is 2. The number of hydrogen-bond acceptors (Lipinski definition) is 6.